The molecule has 17 heteroatoms. The summed E-state index contributed by atoms with van der Waals surface area (Å²) in [7, 11) is -4.30. The van der Waals surface area contributed by atoms with Gasteiger partial charge in [-0.15, -0.1) is 0 Å². The molecule has 0 bridgehead atoms. The molecule has 0 radical (unpaired) electrons. The van der Waals surface area contributed by atoms with Crippen LogP contribution in [0.15, 0.2) is 0 Å². The molecule has 0 aromatic rings. The number of piperidine rings is 1. The second kappa shape index (κ2) is 10.4. The van der Waals surface area contributed by atoms with Gasteiger partial charge < -0.3 is 9.47 Å². The number of halogens is 8. The van der Waals surface area contributed by atoms with E-state index < -0.39 is 64.0 Å². The molecule has 2 N–H and O–H groups in total. The van der Waals surface area contributed by atoms with Crippen LogP contribution in [0.5, 0.6) is 0 Å². The van der Waals surface area contributed by atoms with Gasteiger partial charge in [0.15, 0.2) is 4.75 Å². The van der Waals surface area contributed by atoms with Crippen molar-refractivity contribution in [2.45, 2.75) is 54.6 Å². The van der Waals surface area contributed by atoms with E-state index in [9.17, 15) is 48.3 Å². The normalized spacial score (nSPS) is 21.6. The summed E-state index contributed by atoms with van der Waals surface area (Å²) in [6.45, 7) is -3.40. The van der Waals surface area contributed by atoms with Crippen LogP contribution in [0.25, 0.3) is 0 Å². The lowest BCUT2D eigenvalue weighted by atomic mass is 9.98. The third kappa shape index (κ3) is 5.12. The first-order valence-corrected chi connectivity index (χ1v) is 11.5. The molecule has 0 saturated carbocycles. The fourth-order valence-electron chi connectivity index (χ4n) is 3.79. The Balaban J connectivity index is 1.96. The molecule has 0 aromatic carbocycles. The molecule has 0 aliphatic carbocycles. The molecule has 0 spiro atoms. The maximum atomic E-state index is 13.5. The molecule has 0 aromatic heterocycles. The van der Waals surface area contributed by atoms with Crippen LogP contribution < -0.4 is 5.48 Å². The maximum Gasteiger partial charge on any atom is 0.380 e. The smallest absolute Gasteiger partial charge is 0.380 e. The quantitative estimate of drug-likeness (QED) is 0.252. The van der Waals surface area contributed by atoms with E-state index in [1.165, 1.54) is 5.48 Å². The summed E-state index contributed by atoms with van der Waals surface area (Å²) < 4.78 is 138. The molecule has 2 rings (SSSR count). The largest absolute Gasteiger partial charge is 0.381 e. The number of hydroxylamine groups is 1. The van der Waals surface area contributed by atoms with Crippen LogP contribution in [-0.2, 0) is 24.3 Å². The Bertz CT molecular complexity index is 815. The first-order valence-electron chi connectivity index (χ1n) is 10.1. The van der Waals surface area contributed by atoms with Crippen LogP contribution in [0, 0.1) is 5.92 Å². The maximum absolute atomic E-state index is 13.5. The van der Waals surface area contributed by atoms with Crippen molar-refractivity contribution in [3.05, 3.63) is 0 Å². The zero-order valence-corrected chi connectivity index (χ0v) is 18.4. The minimum atomic E-state index is -6.36. The van der Waals surface area contributed by atoms with Crippen LogP contribution >= 0.6 is 0 Å². The number of hydrogen-bond acceptors (Lipinski definition) is 6. The number of rotatable bonds is 10. The summed E-state index contributed by atoms with van der Waals surface area (Å²) in [6.07, 6.45) is -5.50. The predicted molar refractivity (Wildman–Crippen MR) is 97.6 cm³/mol. The average molecular weight is 536 g/mol. The Morgan fingerprint density at radius 2 is 1.65 bits per heavy atom. The minimum absolute atomic E-state index is 0.0122. The number of ether oxygens (including phenoxy) is 2. The van der Waals surface area contributed by atoms with E-state index in [-0.39, 0.29) is 52.0 Å². The molecule has 34 heavy (non-hydrogen) atoms. The summed E-state index contributed by atoms with van der Waals surface area (Å²) in [4.78, 5) is 12.2. The fraction of sp³-hybridized carbons (Fsp3) is 0.941. The SMILES string of the molecule is O=C(NO)C1(S(=O)(=O)N2CCC(COCC(F)(F)C(F)(F)C(F)(F)C(F)F)CC2)CCOCC1. The number of nitrogens with zero attached hydrogens (tertiary/aromatic N) is 1. The number of amides is 1. The van der Waals surface area contributed by atoms with Gasteiger partial charge in [-0.2, -0.15) is 26.3 Å². The van der Waals surface area contributed by atoms with E-state index in [0.717, 1.165) is 4.31 Å². The van der Waals surface area contributed by atoms with Gasteiger partial charge in [0.1, 0.15) is 6.61 Å². The molecule has 200 valence electrons. The van der Waals surface area contributed by atoms with Gasteiger partial charge in [-0.25, -0.2) is 27.0 Å². The molecule has 2 aliphatic rings. The second-order valence-electron chi connectivity index (χ2n) is 8.11. The van der Waals surface area contributed by atoms with Gasteiger partial charge in [0.25, 0.3) is 5.91 Å². The number of hydrogen-bond donors (Lipinski definition) is 2. The highest BCUT2D eigenvalue weighted by Crippen LogP contribution is 2.48. The predicted octanol–water partition coefficient (Wildman–Crippen LogP) is 2.27. The molecule has 1 amide bonds. The molecule has 2 heterocycles. The number of sulfonamides is 1. The Morgan fingerprint density at radius 3 is 2.12 bits per heavy atom. The van der Waals surface area contributed by atoms with Crippen molar-refractivity contribution in [1.29, 1.82) is 0 Å². The van der Waals surface area contributed by atoms with Crippen molar-refractivity contribution in [1.82, 2.24) is 9.79 Å². The van der Waals surface area contributed by atoms with Gasteiger partial charge in [-0.3, -0.25) is 10.0 Å². The van der Waals surface area contributed by atoms with E-state index in [0.29, 0.717) is 0 Å². The summed E-state index contributed by atoms with van der Waals surface area (Å²) in [5, 5.41) is 9.01. The minimum Gasteiger partial charge on any atom is -0.381 e. The molecule has 0 unspecified atom stereocenters. The lowest BCUT2D eigenvalue weighted by Gasteiger charge is -2.40. The Morgan fingerprint density at radius 1 is 1.12 bits per heavy atom. The first-order chi connectivity index (χ1) is 15.6. The number of carbonyl (C=O) groups is 1. The van der Waals surface area contributed by atoms with Crippen LogP contribution in [0.4, 0.5) is 35.1 Å². The molecule has 0 atom stereocenters. The van der Waals surface area contributed by atoms with Crippen molar-refractivity contribution >= 4 is 15.9 Å². The standard InChI is InChI=1S/C17H24F8N2O6S/c18-12(19)16(22,23)17(24,25)15(20,21)10-33-9-11-1-5-27(6-2-11)34(30,31)14(13(28)26-29)3-7-32-8-4-14/h11-12,29H,1-10H2,(H,26,28). The molecule has 2 fully saturated rings. The average Bonchev–Trinajstić information content (AvgIpc) is 2.78. The summed E-state index contributed by atoms with van der Waals surface area (Å²) in [6, 6.07) is 0. The summed E-state index contributed by atoms with van der Waals surface area (Å²) in [5.74, 6) is -20.0. The van der Waals surface area contributed by atoms with E-state index >= 15 is 0 Å². The number of nitrogens with one attached hydrogen (secondary N) is 1. The van der Waals surface area contributed by atoms with Gasteiger partial charge in [-0.1, -0.05) is 0 Å². The Labute approximate surface area is 189 Å². The lowest BCUT2D eigenvalue weighted by molar-refractivity contribution is -0.346. The van der Waals surface area contributed by atoms with Crippen LogP contribution in [0.3, 0.4) is 0 Å². The topological polar surface area (TPSA) is 105 Å². The van der Waals surface area contributed by atoms with Crippen molar-refractivity contribution in [2.75, 3.05) is 39.5 Å². The monoisotopic (exact) mass is 536 g/mol. The first kappa shape index (κ1) is 28.9. The molecular weight excluding hydrogens is 512 g/mol. The summed E-state index contributed by atoms with van der Waals surface area (Å²) >= 11 is 0. The highest BCUT2D eigenvalue weighted by atomic mass is 32.2. The van der Waals surface area contributed by atoms with Gasteiger partial charge in [0.05, 0.1) is 0 Å². The number of carbonyl (C=O) groups excluding carboxylic acids is 1. The summed E-state index contributed by atoms with van der Waals surface area (Å²) in [5.41, 5.74) is 1.35. The highest BCUT2D eigenvalue weighted by molar-refractivity contribution is 7.91. The second-order valence-corrected chi connectivity index (χ2v) is 10.4. The van der Waals surface area contributed by atoms with Crippen molar-refractivity contribution in [3.8, 4) is 0 Å². The third-order valence-electron chi connectivity index (χ3n) is 6.01. The van der Waals surface area contributed by atoms with Crippen molar-refractivity contribution in [3.63, 3.8) is 0 Å². The van der Waals surface area contributed by atoms with Crippen molar-refractivity contribution < 1.29 is 63.0 Å². The van der Waals surface area contributed by atoms with Crippen LogP contribution in [0.1, 0.15) is 25.7 Å². The van der Waals surface area contributed by atoms with E-state index in [2.05, 4.69) is 4.74 Å². The molecule has 2 saturated heterocycles. The molecule has 2 aliphatic heterocycles. The van der Waals surface area contributed by atoms with Crippen LogP contribution in [-0.4, -0.2) is 92.3 Å². The molecule has 8 nitrogen and oxygen atoms in total. The molecular formula is C17H24F8N2O6S. The van der Waals surface area contributed by atoms with E-state index in [4.69, 9.17) is 9.94 Å². The lowest BCUT2D eigenvalue weighted by Crippen LogP contribution is -2.60. The van der Waals surface area contributed by atoms with E-state index in [1.54, 1.807) is 0 Å². The fourth-order valence-corrected chi connectivity index (χ4v) is 5.94. The van der Waals surface area contributed by atoms with E-state index in [1.807, 2.05) is 0 Å². The van der Waals surface area contributed by atoms with Gasteiger partial charge in [-0.05, 0) is 18.8 Å². The van der Waals surface area contributed by atoms with Gasteiger partial charge in [0, 0.05) is 45.8 Å². The van der Waals surface area contributed by atoms with Gasteiger partial charge >= 0.3 is 24.2 Å². The van der Waals surface area contributed by atoms with Crippen molar-refractivity contribution in [2.24, 2.45) is 5.92 Å². The van der Waals surface area contributed by atoms with Gasteiger partial charge in [0.2, 0.25) is 10.0 Å². The zero-order chi connectivity index (χ0) is 26.0. The third-order valence-corrected chi connectivity index (χ3v) is 8.64. The zero-order valence-electron chi connectivity index (χ0n) is 17.6. The van der Waals surface area contributed by atoms with Crippen LogP contribution in [0.2, 0.25) is 0 Å². The highest BCUT2D eigenvalue weighted by Gasteiger charge is 2.75. The number of alkyl halides is 8. The Kier molecular flexibility index (Phi) is 8.82. The Hall–Kier alpha value is -1.30.